The lowest BCUT2D eigenvalue weighted by Gasteiger charge is -2.13. The fourth-order valence-corrected chi connectivity index (χ4v) is 3.14. The average Bonchev–Trinajstić information content (AvgIpc) is 2.94. The minimum atomic E-state index is 0.516. The normalized spacial score (nSPS) is 12.9. The summed E-state index contributed by atoms with van der Waals surface area (Å²) < 4.78 is 12.8. The third-order valence-electron chi connectivity index (χ3n) is 3.55. The van der Waals surface area contributed by atoms with Gasteiger partial charge in [0.05, 0.1) is 6.61 Å². The van der Waals surface area contributed by atoms with Crippen LogP contribution < -0.4 is 14.8 Å². The molecule has 2 aromatic carbocycles. The minimum absolute atomic E-state index is 0.516. The SMILES string of the molecule is CNCc1ccccc1OCc1cc(Br)cc2c1OCC2. The van der Waals surface area contributed by atoms with Gasteiger partial charge in [-0.05, 0) is 30.8 Å². The fourth-order valence-electron chi connectivity index (χ4n) is 2.59. The van der Waals surface area contributed by atoms with Crippen LogP contribution in [0.15, 0.2) is 40.9 Å². The molecule has 1 N–H and O–H groups in total. The molecule has 0 saturated carbocycles. The number of nitrogens with one attached hydrogen (secondary N) is 1. The summed E-state index contributed by atoms with van der Waals surface area (Å²) in [5.74, 6) is 1.91. The van der Waals surface area contributed by atoms with Gasteiger partial charge < -0.3 is 14.8 Å². The first-order valence-electron chi connectivity index (χ1n) is 7.07. The van der Waals surface area contributed by atoms with Gasteiger partial charge in [0.15, 0.2) is 0 Å². The Morgan fingerprint density at radius 1 is 1.24 bits per heavy atom. The summed E-state index contributed by atoms with van der Waals surface area (Å²) in [5.41, 5.74) is 3.51. The predicted octanol–water partition coefficient (Wildman–Crippen LogP) is 3.68. The van der Waals surface area contributed by atoms with E-state index < -0.39 is 0 Å². The van der Waals surface area contributed by atoms with E-state index in [2.05, 4.69) is 39.4 Å². The lowest BCUT2D eigenvalue weighted by Crippen LogP contribution is -2.07. The van der Waals surface area contributed by atoms with Crippen LogP contribution >= 0.6 is 15.9 Å². The molecule has 4 heteroatoms. The topological polar surface area (TPSA) is 30.5 Å². The Kier molecular flexibility index (Phi) is 4.46. The van der Waals surface area contributed by atoms with Crippen molar-refractivity contribution in [2.24, 2.45) is 0 Å². The van der Waals surface area contributed by atoms with Crippen molar-refractivity contribution in [3.05, 3.63) is 57.6 Å². The lowest BCUT2D eigenvalue weighted by molar-refractivity contribution is 0.289. The molecule has 0 fully saturated rings. The molecular formula is C17H18BrNO2. The highest BCUT2D eigenvalue weighted by Gasteiger charge is 2.18. The van der Waals surface area contributed by atoms with Crippen molar-refractivity contribution in [2.45, 2.75) is 19.6 Å². The molecule has 0 unspecified atom stereocenters. The van der Waals surface area contributed by atoms with E-state index in [1.807, 2.05) is 25.2 Å². The molecule has 0 radical (unpaired) electrons. The second-order valence-corrected chi connectivity index (χ2v) is 5.99. The quantitative estimate of drug-likeness (QED) is 0.894. The zero-order valence-electron chi connectivity index (χ0n) is 12.0. The first-order valence-corrected chi connectivity index (χ1v) is 7.86. The maximum absolute atomic E-state index is 6.02. The Morgan fingerprint density at radius 2 is 2.10 bits per heavy atom. The summed E-state index contributed by atoms with van der Waals surface area (Å²) >= 11 is 3.56. The number of fused-ring (bicyclic) bond motifs is 1. The minimum Gasteiger partial charge on any atom is -0.493 e. The second kappa shape index (κ2) is 6.50. The number of rotatable bonds is 5. The molecule has 0 atom stereocenters. The summed E-state index contributed by atoms with van der Waals surface area (Å²) in [6.45, 7) is 2.07. The summed E-state index contributed by atoms with van der Waals surface area (Å²) in [5, 5.41) is 3.16. The first-order chi connectivity index (χ1) is 10.3. The Labute approximate surface area is 133 Å². The van der Waals surface area contributed by atoms with E-state index in [0.29, 0.717) is 6.61 Å². The molecule has 1 aliphatic heterocycles. The largest absolute Gasteiger partial charge is 0.493 e. The highest BCUT2D eigenvalue weighted by atomic mass is 79.9. The van der Waals surface area contributed by atoms with Crippen LogP contribution in [0.5, 0.6) is 11.5 Å². The maximum atomic E-state index is 6.02. The number of hydrogen-bond acceptors (Lipinski definition) is 3. The first kappa shape index (κ1) is 14.4. The third-order valence-corrected chi connectivity index (χ3v) is 4.01. The number of benzene rings is 2. The molecule has 3 nitrogen and oxygen atoms in total. The van der Waals surface area contributed by atoms with E-state index in [9.17, 15) is 0 Å². The van der Waals surface area contributed by atoms with Crippen molar-refractivity contribution in [1.82, 2.24) is 5.32 Å². The average molecular weight is 348 g/mol. The molecular weight excluding hydrogens is 330 g/mol. The van der Waals surface area contributed by atoms with Crippen LogP contribution in [-0.4, -0.2) is 13.7 Å². The lowest BCUT2D eigenvalue weighted by atomic mass is 10.1. The molecule has 110 valence electrons. The van der Waals surface area contributed by atoms with Crippen molar-refractivity contribution in [3.8, 4) is 11.5 Å². The van der Waals surface area contributed by atoms with E-state index in [0.717, 1.165) is 46.7 Å². The molecule has 1 heterocycles. The van der Waals surface area contributed by atoms with Gasteiger partial charge in [-0.1, -0.05) is 34.1 Å². The van der Waals surface area contributed by atoms with E-state index in [4.69, 9.17) is 9.47 Å². The summed E-state index contributed by atoms with van der Waals surface area (Å²) in [6.07, 6.45) is 0.970. The Bertz CT molecular complexity index is 643. The monoisotopic (exact) mass is 347 g/mol. The zero-order chi connectivity index (χ0) is 14.7. The number of para-hydroxylation sites is 1. The smallest absolute Gasteiger partial charge is 0.129 e. The van der Waals surface area contributed by atoms with Crippen LogP contribution in [0.1, 0.15) is 16.7 Å². The molecule has 0 aliphatic carbocycles. The fraction of sp³-hybridized carbons (Fsp3) is 0.294. The molecule has 0 amide bonds. The van der Waals surface area contributed by atoms with E-state index in [-0.39, 0.29) is 0 Å². The van der Waals surface area contributed by atoms with Crippen LogP contribution in [0.4, 0.5) is 0 Å². The number of hydrogen-bond donors (Lipinski definition) is 1. The molecule has 0 saturated heterocycles. The van der Waals surface area contributed by atoms with Gasteiger partial charge in [0.25, 0.3) is 0 Å². The summed E-state index contributed by atoms with van der Waals surface area (Å²) in [6, 6.07) is 12.3. The highest BCUT2D eigenvalue weighted by Crippen LogP contribution is 2.33. The molecule has 1 aliphatic rings. The van der Waals surface area contributed by atoms with Gasteiger partial charge in [-0.3, -0.25) is 0 Å². The second-order valence-electron chi connectivity index (χ2n) is 5.08. The summed E-state index contributed by atoms with van der Waals surface area (Å²) in [4.78, 5) is 0. The Balaban J connectivity index is 1.80. The summed E-state index contributed by atoms with van der Waals surface area (Å²) in [7, 11) is 1.94. The van der Waals surface area contributed by atoms with E-state index >= 15 is 0 Å². The molecule has 2 aromatic rings. The van der Waals surface area contributed by atoms with Crippen LogP contribution in [0.3, 0.4) is 0 Å². The van der Waals surface area contributed by atoms with Crippen LogP contribution in [0, 0.1) is 0 Å². The Hall–Kier alpha value is -1.52. The van der Waals surface area contributed by atoms with E-state index in [1.54, 1.807) is 0 Å². The molecule has 0 spiro atoms. The molecule has 3 rings (SSSR count). The van der Waals surface area contributed by atoms with Crippen LogP contribution in [-0.2, 0) is 19.6 Å². The van der Waals surface area contributed by atoms with Crippen LogP contribution in [0.2, 0.25) is 0 Å². The molecule has 21 heavy (non-hydrogen) atoms. The predicted molar refractivity (Wildman–Crippen MR) is 86.9 cm³/mol. The van der Waals surface area contributed by atoms with Gasteiger partial charge in [-0.15, -0.1) is 0 Å². The number of ether oxygens (including phenoxy) is 2. The third kappa shape index (κ3) is 3.22. The molecule has 0 aromatic heterocycles. The highest BCUT2D eigenvalue weighted by molar-refractivity contribution is 9.10. The van der Waals surface area contributed by atoms with Gasteiger partial charge in [0, 0.05) is 28.6 Å². The van der Waals surface area contributed by atoms with Crippen molar-refractivity contribution < 1.29 is 9.47 Å². The van der Waals surface area contributed by atoms with Gasteiger partial charge in [-0.2, -0.15) is 0 Å². The van der Waals surface area contributed by atoms with Crippen molar-refractivity contribution in [1.29, 1.82) is 0 Å². The zero-order valence-corrected chi connectivity index (χ0v) is 13.6. The van der Waals surface area contributed by atoms with Gasteiger partial charge in [0.1, 0.15) is 18.1 Å². The Morgan fingerprint density at radius 3 is 2.95 bits per heavy atom. The van der Waals surface area contributed by atoms with Gasteiger partial charge >= 0.3 is 0 Å². The standard InChI is InChI=1S/C17H18BrNO2/c1-19-10-13-4-2-3-5-16(13)21-11-14-9-15(18)8-12-6-7-20-17(12)14/h2-5,8-9,19H,6-7,10-11H2,1H3. The van der Waals surface area contributed by atoms with Crippen molar-refractivity contribution in [3.63, 3.8) is 0 Å². The van der Waals surface area contributed by atoms with Crippen molar-refractivity contribution in [2.75, 3.05) is 13.7 Å². The van der Waals surface area contributed by atoms with Gasteiger partial charge in [0.2, 0.25) is 0 Å². The molecule has 0 bridgehead atoms. The van der Waals surface area contributed by atoms with Crippen molar-refractivity contribution >= 4 is 15.9 Å². The van der Waals surface area contributed by atoms with Gasteiger partial charge in [-0.25, -0.2) is 0 Å². The van der Waals surface area contributed by atoms with E-state index in [1.165, 1.54) is 5.56 Å². The van der Waals surface area contributed by atoms with Crippen LogP contribution in [0.25, 0.3) is 0 Å². The number of halogens is 1. The maximum Gasteiger partial charge on any atom is 0.129 e.